The monoisotopic (exact) mass is 359 g/mol. The van der Waals surface area contributed by atoms with Crippen LogP contribution in [0.15, 0.2) is 36.7 Å². The van der Waals surface area contributed by atoms with Gasteiger partial charge in [0.15, 0.2) is 0 Å². The third-order valence-electron chi connectivity index (χ3n) is 4.75. The summed E-state index contributed by atoms with van der Waals surface area (Å²) < 4.78 is 1.95. The number of hydrogen-bond acceptors (Lipinski definition) is 3. The third-order valence-corrected chi connectivity index (χ3v) is 6.31. The minimum atomic E-state index is -0.0255. The van der Waals surface area contributed by atoms with Gasteiger partial charge in [-0.2, -0.15) is 0 Å². The summed E-state index contributed by atoms with van der Waals surface area (Å²) in [6.07, 6.45) is 12.7. The fourth-order valence-corrected chi connectivity index (χ4v) is 4.99. The molecule has 1 N–H and O–H groups in total. The number of allylic oxidation sites excluding steroid dienone is 1. The number of aromatic nitrogens is 1. The molecule has 1 aromatic rings. The van der Waals surface area contributed by atoms with Gasteiger partial charge in [0.25, 0.3) is 0 Å². The Morgan fingerprint density at radius 3 is 2.88 bits per heavy atom. The number of hydrogen-bond donors (Lipinski definition) is 1. The van der Waals surface area contributed by atoms with Crippen LogP contribution in [-0.4, -0.2) is 50.9 Å². The number of nitrogens with zero attached hydrogens (tertiary/aromatic N) is 2. The molecule has 134 valence electrons. The van der Waals surface area contributed by atoms with Gasteiger partial charge in [-0.3, -0.25) is 9.59 Å². The molecule has 2 aliphatic heterocycles. The minimum absolute atomic E-state index is 0.00797. The molecule has 6 heteroatoms. The molecule has 0 saturated carbocycles. The van der Waals surface area contributed by atoms with Gasteiger partial charge in [0, 0.05) is 44.6 Å². The van der Waals surface area contributed by atoms with E-state index in [2.05, 4.69) is 5.32 Å². The van der Waals surface area contributed by atoms with Gasteiger partial charge in [-0.25, -0.2) is 0 Å². The summed E-state index contributed by atoms with van der Waals surface area (Å²) in [5.74, 6) is 1.05. The number of thioether (sulfide) groups is 1. The highest BCUT2D eigenvalue weighted by atomic mass is 32.2. The molecule has 1 spiro atoms. The van der Waals surface area contributed by atoms with Crippen LogP contribution in [0.5, 0.6) is 0 Å². The van der Waals surface area contributed by atoms with Crippen molar-refractivity contribution in [2.75, 3.05) is 18.8 Å². The predicted molar refractivity (Wildman–Crippen MR) is 102 cm³/mol. The van der Waals surface area contributed by atoms with E-state index < -0.39 is 0 Å². The molecule has 0 bridgehead atoms. The first-order chi connectivity index (χ1) is 12.0. The van der Waals surface area contributed by atoms with Crippen molar-refractivity contribution in [2.24, 2.45) is 7.05 Å². The topological polar surface area (TPSA) is 54.3 Å². The molecule has 0 radical (unpaired) electrons. The summed E-state index contributed by atoms with van der Waals surface area (Å²) in [6, 6.07) is 2.12. The van der Waals surface area contributed by atoms with Crippen LogP contribution >= 0.6 is 11.8 Å². The highest BCUT2D eigenvalue weighted by molar-refractivity contribution is 8.01. The summed E-state index contributed by atoms with van der Waals surface area (Å²) in [5.41, 5.74) is 1.02. The second-order valence-electron chi connectivity index (χ2n) is 6.71. The molecule has 0 aliphatic carbocycles. The van der Waals surface area contributed by atoms with E-state index in [1.807, 2.05) is 65.8 Å². The Balaban J connectivity index is 1.54. The number of carbonyl (C=O) groups excluding carboxylic acids is 2. The molecule has 0 aromatic carbocycles. The fourth-order valence-electron chi connectivity index (χ4n) is 3.36. The molecule has 1 atom stereocenters. The molecule has 2 saturated heterocycles. The largest absolute Gasteiger partial charge is 0.357 e. The smallest absolute Gasteiger partial charge is 0.246 e. The van der Waals surface area contributed by atoms with Crippen LogP contribution in [0.25, 0.3) is 6.08 Å². The van der Waals surface area contributed by atoms with Crippen LogP contribution in [0.3, 0.4) is 0 Å². The van der Waals surface area contributed by atoms with Crippen molar-refractivity contribution in [1.82, 2.24) is 14.8 Å². The van der Waals surface area contributed by atoms with E-state index in [1.165, 1.54) is 0 Å². The van der Waals surface area contributed by atoms with Gasteiger partial charge in [0.1, 0.15) is 0 Å². The van der Waals surface area contributed by atoms with Crippen LogP contribution in [0, 0.1) is 0 Å². The van der Waals surface area contributed by atoms with Crippen LogP contribution < -0.4 is 5.32 Å². The zero-order chi connectivity index (χ0) is 17.9. The Hall–Kier alpha value is -1.95. The van der Waals surface area contributed by atoms with E-state index in [0.29, 0.717) is 13.1 Å². The van der Waals surface area contributed by atoms with Crippen molar-refractivity contribution in [3.05, 3.63) is 42.3 Å². The molecule has 1 unspecified atom stereocenters. The zero-order valence-corrected chi connectivity index (χ0v) is 15.6. The first kappa shape index (κ1) is 17.9. The highest BCUT2D eigenvalue weighted by Crippen LogP contribution is 2.45. The molecule has 5 nitrogen and oxygen atoms in total. The maximum Gasteiger partial charge on any atom is 0.246 e. The average molecular weight is 359 g/mol. The van der Waals surface area contributed by atoms with Gasteiger partial charge >= 0.3 is 0 Å². The van der Waals surface area contributed by atoms with E-state index in [9.17, 15) is 9.59 Å². The number of carbonyl (C=O) groups is 2. The number of nitrogens with one attached hydrogen (secondary N) is 1. The maximum absolute atomic E-state index is 12.3. The van der Waals surface area contributed by atoms with Crippen LogP contribution in [-0.2, 0) is 16.6 Å². The highest BCUT2D eigenvalue weighted by Gasteiger charge is 2.53. The normalized spacial score (nSPS) is 22.0. The van der Waals surface area contributed by atoms with Crippen molar-refractivity contribution >= 4 is 29.7 Å². The van der Waals surface area contributed by atoms with Crippen LogP contribution in [0.2, 0.25) is 0 Å². The lowest BCUT2D eigenvalue weighted by Gasteiger charge is -2.50. The quantitative estimate of drug-likeness (QED) is 0.820. The Morgan fingerprint density at radius 1 is 1.40 bits per heavy atom. The molecule has 3 rings (SSSR count). The Morgan fingerprint density at radius 2 is 2.20 bits per heavy atom. The summed E-state index contributed by atoms with van der Waals surface area (Å²) in [5, 5.41) is 3.12. The molecule has 1 aromatic heterocycles. The van der Waals surface area contributed by atoms with Gasteiger partial charge in [0.05, 0.1) is 4.75 Å². The standard InChI is InChI=1S/C19H25N3O2S/c1-3-4-5-17(23)20-16-9-11-25-19(16)13-22(14-19)18(24)7-6-15-8-10-21(2)12-15/h4-8,10,12,16H,3,9,11,13-14H2,1-2H3,(H,20,23)/b5-4+,7-6+. The van der Waals surface area contributed by atoms with Crippen LogP contribution in [0.4, 0.5) is 0 Å². The van der Waals surface area contributed by atoms with E-state index in [-0.39, 0.29) is 22.6 Å². The predicted octanol–water partition coefficient (Wildman–Crippen LogP) is 2.21. The van der Waals surface area contributed by atoms with E-state index >= 15 is 0 Å². The lowest BCUT2D eigenvalue weighted by atomic mass is 9.88. The minimum Gasteiger partial charge on any atom is -0.357 e. The van der Waals surface area contributed by atoms with Gasteiger partial charge in [0.2, 0.25) is 11.8 Å². The average Bonchev–Trinajstić information content (AvgIpc) is 3.15. The first-order valence-corrected chi connectivity index (χ1v) is 9.71. The summed E-state index contributed by atoms with van der Waals surface area (Å²) in [6.45, 7) is 3.42. The number of aryl methyl sites for hydroxylation is 1. The number of rotatable bonds is 5. The van der Waals surface area contributed by atoms with Gasteiger partial charge in [-0.1, -0.05) is 13.0 Å². The maximum atomic E-state index is 12.3. The zero-order valence-electron chi connectivity index (χ0n) is 14.8. The number of amides is 2. The Bertz CT molecular complexity index is 701. The Kier molecular flexibility index (Phi) is 5.37. The number of likely N-dealkylation sites (tertiary alicyclic amines) is 1. The summed E-state index contributed by atoms with van der Waals surface area (Å²) in [4.78, 5) is 26.2. The molecular formula is C19H25N3O2S. The lowest BCUT2D eigenvalue weighted by molar-refractivity contribution is -0.131. The van der Waals surface area contributed by atoms with Crippen molar-refractivity contribution in [3.8, 4) is 0 Å². The molecule has 3 heterocycles. The third kappa shape index (κ3) is 4.00. The second kappa shape index (κ2) is 7.52. The Labute approximate surface area is 153 Å². The van der Waals surface area contributed by atoms with Gasteiger partial charge in [-0.15, -0.1) is 11.8 Å². The van der Waals surface area contributed by atoms with E-state index in [4.69, 9.17) is 0 Å². The van der Waals surface area contributed by atoms with Crippen LogP contribution in [0.1, 0.15) is 25.3 Å². The molecular weight excluding hydrogens is 334 g/mol. The molecule has 2 aliphatic rings. The second-order valence-corrected chi connectivity index (χ2v) is 8.22. The van der Waals surface area contributed by atoms with Gasteiger partial charge in [-0.05, 0) is 42.4 Å². The van der Waals surface area contributed by atoms with E-state index in [1.54, 1.807) is 12.2 Å². The van der Waals surface area contributed by atoms with Crippen molar-refractivity contribution < 1.29 is 9.59 Å². The summed E-state index contributed by atoms with van der Waals surface area (Å²) in [7, 11) is 1.96. The lowest BCUT2D eigenvalue weighted by Crippen LogP contribution is -2.68. The van der Waals surface area contributed by atoms with Crippen molar-refractivity contribution in [1.29, 1.82) is 0 Å². The fraction of sp³-hybridized carbons (Fsp3) is 0.474. The molecule has 25 heavy (non-hydrogen) atoms. The molecule has 2 fully saturated rings. The van der Waals surface area contributed by atoms with E-state index in [0.717, 1.165) is 24.2 Å². The summed E-state index contributed by atoms with van der Waals surface area (Å²) >= 11 is 1.88. The molecule has 2 amide bonds. The SMILES string of the molecule is CC/C=C/C(=O)NC1CCSC12CN(C(=O)/C=C/c1ccn(C)c1)C2. The first-order valence-electron chi connectivity index (χ1n) is 8.72. The van der Waals surface area contributed by atoms with Crippen molar-refractivity contribution in [3.63, 3.8) is 0 Å². The van der Waals surface area contributed by atoms with Crippen molar-refractivity contribution in [2.45, 2.75) is 30.6 Å². The van der Waals surface area contributed by atoms with Gasteiger partial charge < -0.3 is 14.8 Å².